The number of Topliss-reactive ketones (excluding diaryl/α,β-unsaturated/α-hetero) is 1. The maximum absolute atomic E-state index is 12.5. The molecule has 0 atom stereocenters. The second-order valence-electron chi connectivity index (χ2n) is 5.56. The summed E-state index contributed by atoms with van der Waals surface area (Å²) in [6.07, 6.45) is 2.98. The zero-order chi connectivity index (χ0) is 14.2. The van der Waals surface area contributed by atoms with Gasteiger partial charge in [0.15, 0.2) is 10.8 Å². The fraction of sp³-hybridized carbons (Fsp3) is 0.222. The highest BCUT2D eigenvalue weighted by Crippen LogP contribution is 2.41. The van der Waals surface area contributed by atoms with Gasteiger partial charge in [-0.15, -0.1) is 11.3 Å². The van der Waals surface area contributed by atoms with E-state index in [-0.39, 0.29) is 5.78 Å². The molecule has 0 unspecified atom stereocenters. The van der Waals surface area contributed by atoms with Gasteiger partial charge >= 0.3 is 0 Å². The molecule has 1 saturated carbocycles. The van der Waals surface area contributed by atoms with Gasteiger partial charge in [-0.1, -0.05) is 36.4 Å². The van der Waals surface area contributed by atoms with Crippen molar-refractivity contribution in [3.05, 3.63) is 64.7 Å². The molecule has 0 radical (unpaired) electrons. The Bertz CT molecular complexity index is 784. The Balaban J connectivity index is 1.63. The summed E-state index contributed by atoms with van der Waals surface area (Å²) < 4.78 is 1.08. The molecular formula is C18H15NOS. The van der Waals surface area contributed by atoms with Gasteiger partial charge in [0.25, 0.3) is 0 Å². The van der Waals surface area contributed by atoms with Crippen LogP contribution in [0.15, 0.2) is 48.5 Å². The number of nitrogens with zero attached hydrogens (tertiary/aromatic N) is 1. The van der Waals surface area contributed by atoms with Crippen molar-refractivity contribution in [1.29, 1.82) is 0 Å². The van der Waals surface area contributed by atoms with Crippen LogP contribution in [0.2, 0.25) is 0 Å². The average molecular weight is 293 g/mol. The van der Waals surface area contributed by atoms with Crippen molar-refractivity contribution < 1.29 is 4.79 Å². The van der Waals surface area contributed by atoms with E-state index in [1.54, 1.807) is 0 Å². The molecule has 1 aliphatic carbocycles. The van der Waals surface area contributed by atoms with Gasteiger partial charge in [0.05, 0.1) is 10.2 Å². The molecule has 0 N–H and O–H groups in total. The number of carbonyl (C=O) groups excluding carboxylic acids is 1. The quantitative estimate of drug-likeness (QED) is 0.658. The van der Waals surface area contributed by atoms with Gasteiger partial charge in [-0.3, -0.25) is 4.79 Å². The van der Waals surface area contributed by atoms with E-state index in [9.17, 15) is 4.79 Å². The first-order valence-electron chi connectivity index (χ1n) is 7.28. The highest BCUT2D eigenvalue weighted by Gasteiger charge is 2.26. The molecule has 2 nitrogen and oxygen atoms in total. The molecule has 0 spiro atoms. The summed E-state index contributed by atoms with van der Waals surface area (Å²) in [5.41, 5.74) is 3.44. The summed E-state index contributed by atoms with van der Waals surface area (Å²) in [5, 5.41) is 0.627. The number of para-hydroxylation sites is 1. The zero-order valence-electron chi connectivity index (χ0n) is 11.6. The second-order valence-corrected chi connectivity index (χ2v) is 6.59. The SMILES string of the molecule is O=C(Cc1ccccc1C1CC1)c1nc2ccccc2s1. The number of hydrogen-bond acceptors (Lipinski definition) is 3. The fourth-order valence-electron chi connectivity index (χ4n) is 2.73. The molecule has 2 aromatic carbocycles. The Kier molecular flexibility index (Phi) is 3.08. The Labute approximate surface area is 127 Å². The first-order chi connectivity index (χ1) is 10.3. The molecule has 3 heteroatoms. The average Bonchev–Trinajstić information content (AvgIpc) is 3.25. The number of fused-ring (bicyclic) bond motifs is 1. The van der Waals surface area contributed by atoms with Gasteiger partial charge in [-0.05, 0) is 42.0 Å². The van der Waals surface area contributed by atoms with Crippen molar-refractivity contribution in [2.24, 2.45) is 0 Å². The Morgan fingerprint density at radius 2 is 1.86 bits per heavy atom. The Morgan fingerprint density at radius 1 is 1.10 bits per heavy atom. The number of ketones is 1. The van der Waals surface area contributed by atoms with Crippen LogP contribution in [0.1, 0.15) is 39.7 Å². The van der Waals surface area contributed by atoms with E-state index < -0.39 is 0 Å². The first kappa shape index (κ1) is 12.7. The van der Waals surface area contributed by atoms with Gasteiger partial charge in [0.2, 0.25) is 0 Å². The van der Waals surface area contributed by atoms with E-state index in [1.165, 1.54) is 35.3 Å². The Hall–Kier alpha value is -2.00. The van der Waals surface area contributed by atoms with Gasteiger partial charge in [-0.25, -0.2) is 4.98 Å². The normalized spacial score (nSPS) is 14.5. The van der Waals surface area contributed by atoms with Crippen molar-refractivity contribution >= 4 is 27.3 Å². The van der Waals surface area contributed by atoms with E-state index in [1.807, 2.05) is 30.3 Å². The minimum atomic E-state index is 0.129. The van der Waals surface area contributed by atoms with Crippen LogP contribution in [0.3, 0.4) is 0 Å². The lowest BCUT2D eigenvalue weighted by atomic mass is 9.99. The number of benzene rings is 2. The lowest BCUT2D eigenvalue weighted by Crippen LogP contribution is -2.05. The van der Waals surface area contributed by atoms with Crippen molar-refractivity contribution in [1.82, 2.24) is 4.98 Å². The lowest BCUT2D eigenvalue weighted by Gasteiger charge is -2.06. The molecule has 0 amide bonds. The standard InChI is InChI=1S/C18H15NOS/c20-16(18-19-15-7-3-4-8-17(15)21-18)11-13-5-1-2-6-14(13)12-9-10-12/h1-8,12H,9-11H2. The van der Waals surface area contributed by atoms with Gasteiger partial charge < -0.3 is 0 Å². The third-order valence-electron chi connectivity index (χ3n) is 3.96. The predicted molar refractivity (Wildman–Crippen MR) is 86.1 cm³/mol. The van der Waals surface area contributed by atoms with Crippen LogP contribution in [0.4, 0.5) is 0 Å². The summed E-state index contributed by atoms with van der Waals surface area (Å²) >= 11 is 1.49. The van der Waals surface area contributed by atoms with Crippen LogP contribution in [0.5, 0.6) is 0 Å². The number of aromatic nitrogens is 1. The maximum atomic E-state index is 12.5. The van der Waals surface area contributed by atoms with Crippen molar-refractivity contribution in [3.63, 3.8) is 0 Å². The predicted octanol–water partition coefficient (Wildman–Crippen LogP) is 4.60. The molecule has 104 valence electrons. The summed E-state index contributed by atoms with van der Waals surface area (Å²) in [6, 6.07) is 16.3. The molecule has 0 aliphatic heterocycles. The van der Waals surface area contributed by atoms with Crippen LogP contribution in [-0.4, -0.2) is 10.8 Å². The topological polar surface area (TPSA) is 30.0 Å². The van der Waals surface area contributed by atoms with Crippen LogP contribution in [0.25, 0.3) is 10.2 Å². The zero-order valence-corrected chi connectivity index (χ0v) is 12.4. The van der Waals surface area contributed by atoms with Crippen molar-refractivity contribution in [3.8, 4) is 0 Å². The summed E-state index contributed by atoms with van der Waals surface area (Å²) in [5.74, 6) is 0.800. The molecule has 3 aromatic rings. The smallest absolute Gasteiger partial charge is 0.195 e. The molecule has 4 rings (SSSR count). The lowest BCUT2D eigenvalue weighted by molar-refractivity contribution is 0.0992. The van der Waals surface area contributed by atoms with Gasteiger partial charge in [0.1, 0.15) is 0 Å². The molecule has 1 aliphatic rings. The minimum Gasteiger partial charge on any atom is -0.291 e. The van der Waals surface area contributed by atoms with Crippen LogP contribution in [0, 0.1) is 0 Å². The van der Waals surface area contributed by atoms with Crippen LogP contribution < -0.4 is 0 Å². The molecule has 21 heavy (non-hydrogen) atoms. The molecule has 1 fully saturated rings. The summed E-state index contributed by atoms with van der Waals surface area (Å²) in [6.45, 7) is 0. The van der Waals surface area contributed by atoms with Crippen molar-refractivity contribution in [2.75, 3.05) is 0 Å². The number of thiazole rings is 1. The van der Waals surface area contributed by atoms with Crippen LogP contribution >= 0.6 is 11.3 Å². The summed E-state index contributed by atoms with van der Waals surface area (Å²) in [7, 11) is 0. The molecule has 1 heterocycles. The van der Waals surface area contributed by atoms with E-state index in [2.05, 4.69) is 23.2 Å². The number of carbonyl (C=O) groups is 1. The monoisotopic (exact) mass is 293 g/mol. The molecule has 1 aromatic heterocycles. The number of rotatable bonds is 4. The summed E-state index contributed by atoms with van der Waals surface area (Å²) in [4.78, 5) is 17.0. The first-order valence-corrected chi connectivity index (χ1v) is 8.09. The maximum Gasteiger partial charge on any atom is 0.195 e. The van der Waals surface area contributed by atoms with E-state index in [4.69, 9.17) is 0 Å². The third kappa shape index (κ3) is 2.49. The molecule has 0 bridgehead atoms. The Morgan fingerprint density at radius 3 is 2.67 bits per heavy atom. The molecular weight excluding hydrogens is 278 g/mol. The molecule has 0 saturated heterocycles. The highest BCUT2D eigenvalue weighted by atomic mass is 32.1. The van der Waals surface area contributed by atoms with Crippen molar-refractivity contribution in [2.45, 2.75) is 25.2 Å². The third-order valence-corrected chi connectivity index (χ3v) is 5.03. The van der Waals surface area contributed by atoms with Gasteiger partial charge in [-0.2, -0.15) is 0 Å². The van der Waals surface area contributed by atoms with E-state index in [0.717, 1.165) is 10.2 Å². The minimum absolute atomic E-state index is 0.129. The van der Waals surface area contributed by atoms with Crippen LogP contribution in [-0.2, 0) is 6.42 Å². The number of hydrogen-bond donors (Lipinski definition) is 0. The van der Waals surface area contributed by atoms with E-state index in [0.29, 0.717) is 17.3 Å². The highest BCUT2D eigenvalue weighted by molar-refractivity contribution is 7.20. The van der Waals surface area contributed by atoms with E-state index >= 15 is 0 Å². The second kappa shape index (κ2) is 5.08. The fourth-order valence-corrected chi connectivity index (χ4v) is 3.63. The van der Waals surface area contributed by atoms with Gasteiger partial charge in [0, 0.05) is 6.42 Å². The largest absolute Gasteiger partial charge is 0.291 e.